The SMILES string of the molecule is CC(C)C[C@H](NC(=O)[C@H](CC(C)C)NC(=O)[C@H](Cc1ccccc1)NC(=O)[C@H](CCCCN)NC(=O)[C@H](CCCN=C(N)N)NC(=O)CNC(=O)[C@H](CC(C)C)NC(=O)[C@@H]1CCCN1C(=O)[C@H](Cc1ccccc1)NC(=O)[C@H](CCC(N)=O)NC(=O)[C@H](CC(=O)O)NC(=O)[C@H](CC(C)C)NC(=O)[C@@H](N)CC(=O)O)C(=O)N[C@@H](CCC(N)=O)C(=O)O. The molecule has 15 amide bonds. The molecule has 0 unspecified atom stereocenters. The Morgan fingerprint density at radius 3 is 1.25 bits per heavy atom. The Balaban J connectivity index is 1.95. The van der Waals surface area contributed by atoms with Gasteiger partial charge in [-0.1, -0.05) is 116 Å². The van der Waals surface area contributed by atoms with Crippen LogP contribution in [-0.4, -0.2) is 237 Å². The van der Waals surface area contributed by atoms with Gasteiger partial charge in [-0.3, -0.25) is 86.5 Å². The molecule has 41 heteroatoms. The smallest absolute Gasteiger partial charge is 0.326 e. The highest BCUT2D eigenvalue weighted by molar-refractivity contribution is 6.01. The maximum atomic E-state index is 15.0. The van der Waals surface area contributed by atoms with Gasteiger partial charge in [-0.15, -0.1) is 0 Å². The molecular weight excluding hydrogens is 1560 g/mol. The Labute approximate surface area is 697 Å². The number of unbranched alkanes of at least 4 members (excludes halogenated alkanes) is 1. The predicted molar refractivity (Wildman–Crippen MR) is 437 cm³/mol. The lowest BCUT2D eigenvalue weighted by atomic mass is 9.98. The number of benzene rings is 2. The highest BCUT2D eigenvalue weighted by Crippen LogP contribution is 2.22. The second kappa shape index (κ2) is 52.8. The Bertz CT molecular complexity index is 3850. The van der Waals surface area contributed by atoms with Gasteiger partial charge in [-0.25, -0.2) is 4.79 Å². The summed E-state index contributed by atoms with van der Waals surface area (Å²) in [6.07, 6.45) is -3.35. The van der Waals surface area contributed by atoms with Gasteiger partial charge in [0.15, 0.2) is 5.96 Å². The van der Waals surface area contributed by atoms with E-state index in [1.807, 2.05) is 0 Å². The molecule has 0 saturated carbocycles. The molecule has 2 aromatic rings. The van der Waals surface area contributed by atoms with Gasteiger partial charge in [0.2, 0.25) is 88.6 Å². The van der Waals surface area contributed by atoms with Crippen LogP contribution in [0.4, 0.5) is 0 Å². The number of primary amides is 2. The van der Waals surface area contributed by atoms with E-state index < -0.39 is 217 Å². The summed E-state index contributed by atoms with van der Waals surface area (Å²) in [7, 11) is 0. The number of nitrogens with two attached hydrogens (primary N) is 6. The normalized spacial score (nSPS) is 15.4. The number of rotatable bonds is 56. The molecule has 1 saturated heterocycles. The standard InChI is InChI=1S/C79H124N20O21/c1-42(2)33-53(97-76(117)60-25-18-32-99(60)77(118)59(38-47-21-13-10-14-22-47)98-70(111)51(26-28-61(82)100)90-75(116)58(40-65(105)106)96-72(113)54(34-43(3)4)92-66(107)48(81)39-64(103)104)67(108)87-41-63(102)88-49(24-17-31-86-79(84)85)68(109)89-50(23-15-16-30-80)69(110)95-57(37-46-19-11-9-12-20-46)74(115)94-56(36-45(7)8)73(114)93-55(35-44(5)6)71(112)91-52(78(119)120)27-29-62(83)101/h9-14,19-22,42-45,48-60H,15-18,23-41,80-81H2,1-8H3,(H2,82,100)(H2,83,101)(H,87,108)(H,88,102)(H,89,109)(H,90,116)(H,91,112)(H,92,107)(H,93,114)(H,94,115)(H,95,110)(H,96,113)(H,97,117)(H,98,111)(H,103,104)(H,105,106)(H,119,120)(H4,84,85,86)/t48-,49-,50-,51-,52-,53-,54-,55-,56-,57-,58-,59-,60-/m0/s1. The maximum absolute atomic E-state index is 15.0. The lowest BCUT2D eigenvalue weighted by Gasteiger charge is -2.31. The minimum Gasteiger partial charge on any atom is -0.481 e. The quantitative estimate of drug-likeness (QED) is 0.0171. The Kier molecular flexibility index (Phi) is 45.0. The summed E-state index contributed by atoms with van der Waals surface area (Å²) >= 11 is 0. The number of aliphatic carboxylic acids is 3. The van der Waals surface area contributed by atoms with Crippen LogP contribution in [0.1, 0.15) is 176 Å². The van der Waals surface area contributed by atoms with E-state index in [2.05, 4.69) is 68.8 Å². The topological polar surface area (TPSA) is 684 Å². The van der Waals surface area contributed by atoms with Crippen LogP contribution in [0.5, 0.6) is 0 Å². The van der Waals surface area contributed by atoms with E-state index in [0.29, 0.717) is 17.5 Å². The molecule has 666 valence electrons. The largest absolute Gasteiger partial charge is 0.481 e. The molecule has 0 radical (unpaired) electrons. The summed E-state index contributed by atoms with van der Waals surface area (Å²) in [6, 6.07) is -2.72. The summed E-state index contributed by atoms with van der Waals surface area (Å²) in [5.74, 6) is -19.8. The van der Waals surface area contributed by atoms with Gasteiger partial charge >= 0.3 is 17.9 Å². The summed E-state index contributed by atoms with van der Waals surface area (Å²) in [4.78, 5) is 250. The van der Waals surface area contributed by atoms with Crippen molar-refractivity contribution in [2.24, 2.45) is 63.1 Å². The third-order valence-electron chi connectivity index (χ3n) is 19.0. The number of hydrogen-bond acceptors (Lipinski definition) is 21. The highest BCUT2D eigenvalue weighted by atomic mass is 16.4. The molecule has 1 fully saturated rings. The van der Waals surface area contributed by atoms with Crippen molar-refractivity contribution in [1.29, 1.82) is 0 Å². The fourth-order valence-electron chi connectivity index (χ4n) is 13.0. The number of carboxylic acid groups (broad SMARTS) is 3. The lowest BCUT2D eigenvalue weighted by Crippen LogP contribution is -2.60. The molecule has 3 rings (SSSR count). The summed E-state index contributed by atoms with van der Waals surface area (Å²) in [5, 5.41) is 59.5. The van der Waals surface area contributed by atoms with Crippen LogP contribution in [0.15, 0.2) is 65.7 Å². The molecule has 41 nitrogen and oxygen atoms in total. The van der Waals surface area contributed by atoms with Gasteiger partial charge in [-0.05, 0) is 125 Å². The zero-order valence-electron chi connectivity index (χ0n) is 69.4. The molecule has 120 heavy (non-hydrogen) atoms. The number of nitrogens with zero attached hydrogens (tertiary/aromatic N) is 2. The van der Waals surface area contributed by atoms with Crippen molar-refractivity contribution in [3.63, 3.8) is 0 Å². The molecule has 0 aliphatic carbocycles. The Morgan fingerprint density at radius 2 is 0.800 bits per heavy atom. The first-order valence-corrected chi connectivity index (χ1v) is 40.2. The average molecular weight is 1690 g/mol. The maximum Gasteiger partial charge on any atom is 0.326 e. The van der Waals surface area contributed by atoms with Crippen molar-refractivity contribution >= 4 is 112 Å². The van der Waals surface area contributed by atoms with Crippen molar-refractivity contribution in [3.8, 4) is 0 Å². The number of carboxylic acids is 3. The zero-order chi connectivity index (χ0) is 90.0. The minimum absolute atomic E-state index is 0.0128. The molecule has 27 N–H and O–H groups in total. The lowest BCUT2D eigenvalue weighted by molar-refractivity contribution is -0.143. The molecule has 0 aromatic heterocycles. The van der Waals surface area contributed by atoms with Crippen LogP contribution >= 0.6 is 0 Å². The van der Waals surface area contributed by atoms with Gasteiger partial charge in [-0.2, -0.15) is 0 Å². The van der Waals surface area contributed by atoms with Crippen molar-refractivity contribution in [3.05, 3.63) is 71.8 Å². The van der Waals surface area contributed by atoms with E-state index >= 15 is 4.79 Å². The number of amides is 15. The minimum atomic E-state index is -1.95. The third kappa shape index (κ3) is 39.1. The Hall–Kier alpha value is -11.9. The molecule has 1 aliphatic rings. The van der Waals surface area contributed by atoms with E-state index in [1.165, 1.54) is 4.90 Å². The molecule has 2 aromatic carbocycles. The van der Waals surface area contributed by atoms with Crippen molar-refractivity contribution in [2.75, 3.05) is 26.2 Å². The van der Waals surface area contributed by atoms with E-state index in [4.69, 9.17) is 34.4 Å². The number of carbonyl (C=O) groups excluding carboxylic acids is 15. The molecule has 0 bridgehead atoms. The second-order valence-electron chi connectivity index (χ2n) is 31.4. The number of nitrogens with one attached hydrogen (secondary N) is 12. The van der Waals surface area contributed by atoms with Crippen LogP contribution in [0.2, 0.25) is 0 Å². The number of carbonyl (C=O) groups is 18. The van der Waals surface area contributed by atoms with Crippen LogP contribution in [-0.2, 0) is 99.1 Å². The van der Waals surface area contributed by atoms with Crippen molar-refractivity contribution in [1.82, 2.24) is 68.7 Å². The average Bonchev–Trinajstić information content (AvgIpc) is 1.59. The van der Waals surface area contributed by atoms with Gasteiger partial charge in [0.1, 0.15) is 72.5 Å². The third-order valence-corrected chi connectivity index (χ3v) is 19.0. The van der Waals surface area contributed by atoms with Crippen LogP contribution in [0, 0.1) is 23.7 Å². The predicted octanol–water partition coefficient (Wildman–Crippen LogP) is -3.83. The molecule has 1 aliphatic heterocycles. The molecular formula is C79H124N20O21. The fraction of sp³-hybridized carbons (Fsp3) is 0.608. The molecule has 1 heterocycles. The molecule has 0 spiro atoms. The number of guanidine groups is 1. The van der Waals surface area contributed by atoms with Crippen LogP contribution < -0.4 is 98.2 Å². The monoisotopic (exact) mass is 1690 g/mol. The number of hydrogen-bond donors (Lipinski definition) is 21. The number of aliphatic imine (C=N–C) groups is 1. The van der Waals surface area contributed by atoms with Crippen molar-refractivity contribution < 1.29 is 102 Å². The summed E-state index contributed by atoms with van der Waals surface area (Å²) < 4.78 is 0. The number of likely N-dealkylation sites (tertiary alicyclic amines) is 1. The highest BCUT2D eigenvalue weighted by Gasteiger charge is 2.42. The zero-order valence-corrected chi connectivity index (χ0v) is 69.4. The summed E-state index contributed by atoms with van der Waals surface area (Å²) in [6.45, 7) is 13.2. The van der Waals surface area contributed by atoms with E-state index in [0.717, 1.165) is 0 Å². The van der Waals surface area contributed by atoms with Gasteiger partial charge in [0.05, 0.1) is 25.4 Å². The van der Waals surface area contributed by atoms with Gasteiger partial charge < -0.3 is 118 Å². The first-order chi connectivity index (χ1) is 56.5. The second-order valence-corrected chi connectivity index (χ2v) is 31.4. The van der Waals surface area contributed by atoms with Crippen LogP contribution in [0.25, 0.3) is 0 Å². The van der Waals surface area contributed by atoms with Gasteiger partial charge in [0, 0.05) is 38.8 Å². The first kappa shape index (κ1) is 102. The first-order valence-electron chi connectivity index (χ1n) is 40.2. The fourth-order valence-corrected chi connectivity index (χ4v) is 13.0. The van der Waals surface area contributed by atoms with Gasteiger partial charge in [0.25, 0.3) is 0 Å². The summed E-state index contributed by atoms with van der Waals surface area (Å²) in [5.41, 5.74) is 34.6. The van der Waals surface area contributed by atoms with E-state index in [1.54, 1.807) is 116 Å². The molecule has 13 atom stereocenters. The van der Waals surface area contributed by atoms with E-state index in [-0.39, 0.29) is 139 Å². The van der Waals surface area contributed by atoms with Crippen molar-refractivity contribution in [2.45, 2.75) is 256 Å². The van der Waals surface area contributed by atoms with E-state index in [9.17, 15) is 96.8 Å². The Morgan fingerprint density at radius 1 is 0.425 bits per heavy atom. The van der Waals surface area contributed by atoms with Crippen LogP contribution in [0.3, 0.4) is 0 Å².